The maximum atomic E-state index is 12.6. The van der Waals surface area contributed by atoms with E-state index in [0.29, 0.717) is 6.10 Å². The number of amides is 1. The van der Waals surface area contributed by atoms with Crippen molar-refractivity contribution in [1.29, 1.82) is 0 Å². The predicted molar refractivity (Wildman–Crippen MR) is 83.7 cm³/mol. The second kappa shape index (κ2) is 5.53. The van der Waals surface area contributed by atoms with E-state index in [4.69, 9.17) is 4.74 Å². The first kappa shape index (κ1) is 14.1. The number of H-pyrrole nitrogens is 1. The number of hydrogen-bond acceptors (Lipinski definition) is 2. The number of likely N-dealkylation sites (tertiary alicyclic amines) is 1. The molecule has 0 radical (unpaired) electrons. The zero-order valence-corrected chi connectivity index (χ0v) is 12.9. The van der Waals surface area contributed by atoms with Crippen molar-refractivity contribution in [1.82, 2.24) is 9.88 Å². The van der Waals surface area contributed by atoms with Crippen LogP contribution in [0.1, 0.15) is 34.5 Å². The van der Waals surface area contributed by atoms with Crippen molar-refractivity contribution >= 4 is 16.8 Å². The number of methoxy groups -OCH3 is 1. The smallest absolute Gasteiger partial charge is 0.253 e. The van der Waals surface area contributed by atoms with Crippen molar-refractivity contribution in [3.8, 4) is 0 Å². The molecule has 0 atom stereocenters. The van der Waals surface area contributed by atoms with E-state index in [1.807, 2.05) is 23.1 Å². The van der Waals surface area contributed by atoms with Gasteiger partial charge in [-0.25, -0.2) is 0 Å². The van der Waals surface area contributed by atoms with Crippen LogP contribution >= 0.6 is 0 Å². The number of aromatic amines is 1. The van der Waals surface area contributed by atoms with Gasteiger partial charge >= 0.3 is 0 Å². The number of carbonyl (C=O) groups excluding carboxylic acids is 1. The second-order valence-electron chi connectivity index (χ2n) is 5.86. The number of aromatic nitrogens is 1. The summed E-state index contributed by atoms with van der Waals surface area (Å²) in [7, 11) is 1.74. The number of fused-ring (bicyclic) bond motifs is 1. The molecule has 0 aliphatic carbocycles. The summed E-state index contributed by atoms with van der Waals surface area (Å²) in [6, 6.07) is 5.94. The molecule has 2 aromatic rings. The average molecular weight is 286 g/mol. The van der Waals surface area contributed by atoms with Crippen LogP contribution in [0.5, 0.6) is 0 Å². The monoisotopic (exact) mass is 286 g/mol. The Bertz CT molecular complexity index is 667. The topological polar surface area (TPSA) is 45.3 Å². The van der Waals surface area contributed by atoms with Gasteiger partial charge in [0.25, 0.3) is 5.91 Å². The molecule has 4 nitrogen and oxygen atoms in total. The average Bonchev–Trinajstić information content (AvgIpc) is 2.81. The fourth-order valence-electron chi connectivity index (χ4n) is 3.07. The molecule has 1 aromatic carbocycles. The van der Waals surface area contributed by atoms with Gasteiger partial charge in [0.1, 0.15) is 0 Å². The highest BCUT2D eigenvalue weighted by Gasteiger charge is 2.23. The Balaban J connectivity index is 1.83. The Morgan fingerprint density at radius 1 is 1.29 bits per heavy atom. The third-order valence-electron chi connectivity index (χ3n) is 4.62. The van der Waals surface area contributed by atoms with E-state index in [2.05, 4.69) is 18.8 Å². The van der Waals surface area contributed by atoms with Crippen LogP contribution in [0.4, 0.5) is 0 Å². The lowest BCUT2D eigenvalue weighted by molar-refractivity contribution is 0.0351. The van der Waals surface area contributed by atoms with Gasteiger partial charge in [-0.2, -0.15) is 0 Å². The molecule has 1 aliphatic heterocycles. The Labute approximate surface area is 125 Å². The number of nitrogens with one attached hydrogen (secondary N) is 1. The quantitative estimate of drug-likeness (QED) is 0.922. The summed E-state index contributed by atoms with van der Waals surface area (Å²) in [6.07, 6.45) is 2.14. The lowest BCUT2D eigenvalue weighted by Crippen LogP contribution is -2.40. The fourth-order valence-corrected chi connectivity index (χ4v) is 3.07. The Morgan fingerprint density at radius 3 is 2.67 bits per heavy atom. The van der Waals surface area contributed by atoms with Gasteiger partial charge in [0.15, 0.2) is 0 Å². The molecule has 112 valence electrons. The van der Waals surface area contributed by atoms with E-state index in [9.17, 15) is 4.79 Å². The Kier molecular flexibility index (Phi) is 3.72. The van der Waals surface area contributed by atoms with E-state index in [1.54, 1.807) is 7.11 Å². The van der Waals surface area contributed by atoms with Gasteiger partial charge < -0.3 is 14.6 Å². The summed E-state index contributed by atoms with van der Waals surface area (Å²) in [6.45, 7) is 5.71. The lowest BCUT2D eigenvalue weighted by atomic mass is 10.0. The van der Waals surface area contributed by atoms with Crippen LogP contribution in [0, 0.1) is 13.8 Å². The van der Waals surface area contributed by atoms with Gasteiger partial charge in [-0.3, -0.25) is 4.79 Å². The number of rotatable bonds is 2. The molecule has 0 saturated carbocycles. The number of benzene rings is 1. The Morgan fingerprint density at radius 2 is 2.00 bits per heavy atom. The van der Waals surface area contributed by atoms with Gasteiger partial charge in [-0.05, 0) is 50.5 Å². The minimum absolute atomic E-state index is 0.129. The largest absolute Gasteiger partial charge is 0.381 e. The van der Waals surface area contributed by atoms with E-state index in [1.165, 1.54) is 5.56 Å². The molecule has 1 N–H and O–H groups in total. The van der Waals surface area contributed by atoms with Crippen LogP contribution in [0.25, 0.3) is 10.9 Å². The maximum absolute atomic E-state index is 12.6. The van der Waals surface area contributed by atoms with E-state index < -0.39 is 0 Å². The molecule has 0 bridgehead atoms. The maximum Gasteiger partial charge on any atom is 0.253 e. The van der Waals surface area contributed by atoms with Crippen LogP contribution in [-0.2, 0) is 4.74 Å². The molecule has 1 aliphatic rings. The molecule has 2 heterocycles. The zero-order chi connectivity index (χ0) is 15.0. The summed E-state index contributed by atoms with van der Waals surface area (Å²) in [5.41, 5.74) is 4.26. The van der Waals surface area contributed by atoms with Crippen molar-refractivity contribution in [3.05, 3.63) is 35.0 Å². The van der Waals surface area contributed by atoms with E-state index in [0.717, 1.165) is 48.1 Å². The van der Waals surface area contributed by atoms with Crippen LogP contribution < -0.4 is 0 Å². The molecule has 1 aromatic heterocycles. The van der Waals surface area contributed by atoms with Crippen LogP contribution in [0.2, 0.25) is 0 Å². The van der Waals surface area contributed by atoms with Gasteiger partial charge in [0.2, 0.25) is 0 Å². The highest BCUT2D eigenvalue weighted by Crippen LogP contribution is 2.24. The first-order valence-electron chi connectivity index (χ1n) is 7.51. The minimum atomic E-state index is 0.129. The second-order valence-corrected chi connectivity index (χ2v) is 5.86. The lowest BCUT2D eigenvalue weighted by Gasteiger charge is -2.31. The van der Waals surface area contributed by atoms with Crippen molar-refractivity contribution in [3.63, 3.8) is 0 Å². The van der Waals surface area contributed by atoms with E-state index in [-0.39, 0.29) is 5.91 Å². The number of ether oxygens (including phenoxy) is 1. The van der Waals surface area contributed by atoms with Crippen molar-refractivity contribution in [2.75, 3.05) is 20.2 Å². The molecule has 1 amide bonds. The van der Waals surface area contributed by atoms with Gasteiger partial charge in [0.05, 0.1) is 6.10 Å². The van der Waals surface area contributed by atoms with Crippen molar-refractivity contribution in [2.45, 2.75) is 32.8 Å². The van der Waals surface area contributed by atoms with Crippen molar-refractivity contribution < 1.29 is 9.53 Å². The summed E-state index contributed by atoms with van der Waals surface area (Å²) < 4.78 is 5.36. The predicted octanol–water partition coefficient (Wildman–Crippen LogP) is 3.04. The number of hydrogen-bond donors (Lipinski definition) is 1. The molecule has 1 fully saturated rings. The minimum Gasteiger partial charge on any atom is -0.381 e. The molecular formula is C17H22N2O2. The first-order chi connectivity index (χ1) is 10.1. The molecule has 3 rings (SSSR count). The first-order valence-corrected chi connectivity index (χ1v) is 7.51. The summed E-state index contributed by atoms with van der Waals surface area (Å²) >= 11 is 0. The highest BCUT2D eigenvalue weighted by molar-refractivity contribution is 5.99. The highest BCUT2D eigenvalue weighted by atomic mass is 16.5. The molecule has 0 spiro atoms. The summed E-state index contributed by atoms with van der Waals surface area (Å²) in [4.78, 5) is 17.9. The fraction of sp³-hybridized carbons (Fsp3) is 0.471. The van der Waals surface area contributed by atoms with Crippen LogP contribution in [0.15, 0.2) is 18.2 Å². The number of carbonyl (C=O) groups is 1. The molecule has 4 heteroatoms. The molecule has 21 heavy (non-hydrogen) atoms. The van der Waals surface area contributed by atoms with Gasteiger partial charge in [0, 0.05) is 42.4 Å². The summed E-state index contributed by atoms with van der Waals surface area (Å²) in [5.74, 6) is 0.129. The zero-order valence-electron chi connectivity index (χ0n) is 12.9. The SMILES string of the molecule is COC1CCN(C(=O)c2ccc3[nH]c(C)c(C)c3c2)CC1. The van der Waals surface area contributed by atoms with Gasteiger partial charge in [-0.1, -0.05) is 0 Å². The number of aryl methyl sites for hydroxylation is 2. The Hall–Kier alpha value is -1.81. The molecule has 0 unspecified atom stereocenters. The standard InChI is InChI=1S/C17H22N2O2/c1-11-12(2)18-16-5-4-13(10-15(11)16)17(20)19-8-6-14(21-3)7-9-19/h4-5,10,14,18H,6-9H2,1-3H3. The molecule has 1 saturated heterocycles. The summed E-state index contributed by atoms with van der Waals surface area (Å²) in [5, 5.41) is 1.14. The normalized spacial score (nSPS) is 16.6. The third kappa shape index (κ3) is 2.56. The van der Waals surface area contributed by atoms with Crippen molar-refractivity contribution in [2.24, 2.45) is 0 Å². The number of piperidine rings is 1. The van der Waals surface area contributed by atoms with Crippen LogP contribution in [0.3, 0.4) is 0 Å². The van der Waals surface area contributed by atoms with E-state index >= 15 is 0 Å². The van der Waals surface area contributed by atoms with Crippen LogP contribution in [-0.4, -0.2) is 42.1 Å². The third-order valence-corrected chi connectivity index (χ3v) is 4.62. The van der Waals surface area contributed by atoms with Gasteiger partial charge in [-0.15, -0.1) is 0 Å². The molecular weight excluding hydrogens is 264 g/mol. The number of nitrogens with zero attached hydrogens (tertiary/aromatic N) is 1.